The summed E-state index contributed by atoms with van der Waals surface area (Å²) in [6.07, 6.45) is 0. The molecule has 0 aliphatic carbocycles. The van der Waals surface area contributed by atoms with E-state index in [4.69, 9.17) is 0 Å². The number of urea groups is 1. The van der Waals surface area contributed by atoms with Crippen LogP contribution in [0, 0.1) is 6.92 Å². The number of nitrogens with zero attached hydrogens (tertiary/aromatic N) is 1. The second kappa shape index (κ2) is 6.47. The van der Waals surface area contributed by atoms with Gasteiger partial charge in [-0.1, -0.05) is 6.07 Å². The molecule has 0 aliphatic heterocycles. The molecule has 0 unspecified atom stereocenters. The molecule has 2 aromatic rings. The second-order valence-electron chi connectivity index (χ2n) is 4.82. The maximum atomic E-state index is 12.1. The quantitative estimate of drug-likeness (QED) is 0.899. The van der Waals surface area contributed by atoms with E-state index in [1.54, 1.807) is 19.1 Å². The van der Waals surface area contributed by atoms with Crippen molar-refractivity contribution in [2.24, 2.45) is 0 Å². The van der Waals surface area contributed by atoms with Gasteiger partial charge in [0.05, 0.1) is 9.90 Å². The van der Waals surface area contributed by atoms with E-state index >= 15 is 0 Å². The van der Waals surface area contributed by atoms with Gasteiger partial charge in [-0.2, -0.15) is 0 Å². The van der Waals surface area contributed by atoms with E-state index in [1.807, 2.05) is 11.4 Å². The van der Waals surface area contributed by atoms with Crippen LogP contribution in [-0.2, 0) is 10.0 Å². The van der Waals surface area contributed by atoms with Crippen molar-refractivity contribution < 1.29 is 13.2 Å². The lowest BCUT2D eigenvalue weighted by Gasteiger charge is -2.14. The molecule has 118 valence electrons. The molecule has 6 nitrogen and oxygen atoms in total. The summed E-state index contributed by atoms with van der Waals surface area (Å²) in [5.74, 6) is 0. The summed E-state index contributed by atoms with van der Waals surface area (Å²) in [6.45, 7) is 1.80. The summed E-state index contributed by atoms with van der Waals surface area (Å²) in [6, 6.07) is 7.84. The van der Waals surface area contributed by atoms with Gasteiger partial charge in [-0.05, 0) is 42.1 Å². The second-order valence-corrected chi connectivity index (χ2v) is 7.92. The van der Waals surface area contributed by atoms with Crippen LogP contribution in [0.5, 0.6) is 0 Å². The SMILES string of the molecule is Cc1ccc(S(=O)(=O)N(C)C)cc1NC(=O)Nc1cccs1. The highest BCUT2D eigenvalue weighted by molar-refractivity contribution is 7.89. The lowest BCUT2D eigenvalue weighted by atomic mass is 10.2. The fourth-order valence-corrected chi connectivity index (χ4v) is 3.26. The monoisotopic (exact) mass is 339 g/mol. The molecular formula is C14H17N3O3S2. The maximum absolute atomic E-state index is 12.1. The third-order valence-corrected chi connectivity index (χ3v) is 5.59. The molecule has 0 bridgehead atoms. The van der Waals surface area contributed by atoms with Crippen LogP contribution in [0.2, 0.25) is 0 Å². The van der Waals surface area contributed by atoms with Crippen LogP contribution in [0.3, 0.4) is 0 Å². The number of carbonyl (C=O) groups excluding carboxylic acids is 1. The van der Waals surface area contributed by atoms with Crippen molar-refractivity contribution in [1.29, 1.82) is 0 Å². The van der Waals surface area contributed by atoms with Gasteiger partial charge in [0.1, 0.15) is 0 Å². The number of anilines is 2. The molecule has 22 heavy (non-hydrogen) atoms. The first-order valence-corrected chi connectivity index (χ1v) is 8.77. The summed E-state index contributed by atoms with van der Waals surface area (Å²) in [7, 11) is -0.610. The first-order valence-electron chi connectivity index (χ1n) is 6.45. The Hall–Kier alpha value is -1.90. The number of aryl methyl sites for hydroxylation is 1. The molecule has 0 aliphatic rings. The Morgan fingerprint density at radius 1 is 1.18 bits per heavy atom. The molecule has 0 saturated heterocycles. The summed E-state index contributed by atoms with van der Waals surface area (Å²) in [5, 5.41) is 7.93. The topological polar surface area (TPSA) is 78.5 Å². The fourth-order valence-electron chi connectivity index (χ4n) is 1.72. The predicted molar refractivity (Wildman–Crippen MR) is 89.0 cm³/mol. The average Bonchev–Trinajstić information content (AvgIpc) is 2.93. The third kappa shape index (κ3) is 3.65. The number of nitrogens with one attached hydrogen (secondary N) is 2. The minimum atomic E-state index is -3.54. The number of carbonyl (C=O) groups is 1. The number of rotatable bonds is 4. The van der Waals surface area contributed by atoms with Gasteiger partial charge in [-0.3, -0.25) is 5.32 Å². The zero-order valence-electron chi connectivity index (χ0n) is 12.5. The first kappa shape index (κ1) is 16.5. The molecule has 0 radical (unpaired) electrons. The highest BCUT2D eigenvalue weighted by Crippen LogP contribution is 2.22. The van der Waals surface area contributed by atoms with Gasteiger partial charge in [0.25, 0.3) is 0 Å². The number of amides is 2. The number of sulfonamides is 1. The Morgan fingerprint density at radius 2 is 1.91 bits per heavy atom. The van der Waals surface area contributed by atoms with Crippen molar-refractivity contribution in [3.63, 3.8) is 0 Å². The Morgan fingerprint density at radius 3 is 2.50 bits per heavy atom. The number of hydrogen-bond donors (Lipinski definition) is 2. The molecule has 2 amide bonds. The Kier molecular flexibility index (Phi) is 4.84. The van der Waals surface area contributed by atoms with Crippen LogP contribution in [0.1, 0.15) is 5.56 Å². The van der Waals surface area contributed by atoms with Crippen molar-refractivity contribution in [2.75, 3.05) is 24.7 Å². The van der Waals surface area contributed by atoms with Gasteiger partial charge in [0.15, 0.2) is 0 Å². The van der Waals surface area contributed by atoms with Crippen molar-refractivity contribution in [1.82, 2.24) is 4.31 Å². The standard InChI is InChI=1S/C14H17N3O3S2/c1-10-6-7-11(22(19,20)17(2)3)9-12(10)15-14(18)16-13-5-4-8-21-13/h4-9H,1-3H3,(H2,15,16,18). The molecule has 2 rings (SSSR count). The average molecular weight is 339 g/mol. The lowest BCUT2D eigenvalue weighted by molar-refractivity contribution is 0.262. The van der Waals surface area contributed by atoms with Crippen LogP contribution in [0.15, 0.2) is 40.6 Å². The summed E-state index contributed by atoms with van der Waals surface area (Å²) in [4.78, 5) is 12.1. The van der Waals surface area contributed by atoms with Crippen molar-refractivity contribution >= 4 is 38.1 Å². The number of benzene rings is 1. The molecular weight excluding hydrogens is 322 g/mol. The van der Waals surface area contributed by atoms with Gasteiger partial charge >= 0.3 is 6.03 Å². The van der Waals surface area contributed by atoms with E-state index in [0.29, 0.717) is 10.7 Å². The van der Waals surface area contributed by atoms with Gasteiger partial charge in [0.2, 0.25) is 10.0 Å². The van der Waals surface area contributed by atoms with E-state index in [-0.39, 0.29) is 4.90 Å². The van der Waals surface area contributed by atoms with Gasteiger partial charge in [0, 0.05) is 19.8 Å². The molecule has 8 heteroatoms. The summed E-state index contributed by atoms with van der Waals surface area (Å²) >= 11 is 1.40. The Balaban J connectivity index is 2.22. The van der Waals surface area contributed by atoms with Gasteiger partial charge in [-0.25, -0.2) is 17.5 Å². The number of thiophene rings is 1. The maximum Gasteiger partial charge on any atom is 0.324 e. The zero-order valence-corrected chi connectivity index (χ0v) is 14.1. The van der Waals surface area contributed by atoms with Gasteiger partial charge in [-0.15, -0.1) is 11.3 Å². The molecule has 1 heterocycles. The molecule has 2 N–H and O–H groups in total. The fraction of sp³-hybridized carbons (Fsp3) is 0.214. The molecule has 0 fully saturated rings. The molecule has 0 spiro atoms. The highest BCUT2D eigenvalue weighted by atomic mass is 32.2. The number of hydrogen-bond acceptors (Lipinski definition) is 4. The van der Waals surface area contributed by atoms with Crippen molar-refractivity contribution in [2.45, 2.75) is 11.8 Å². The minimum absolute atomic E-state index is 0.134. The first-order chi connectivity index (χ1) is 10.3. The third-order valence-electron chi connectivity index (χ3n) is 2.99. The highest BCUT2D eigenvalue weighted by Gasteiger charge is 2.18. The Labute approximate surface area is 133 Å². The minimum Gasteiger partial charge on any atom is -0.307 e. The molecule has 1 aromatic carbocycles. The van der Waals surface area contributed by atoms with Crippen molar-refractivity contribution in [3.8, 4) is 0 Å². The summed E-state index contributed by atoms with van der Waals surface area (Å²) in [5.41, 5.74) is 1.23. The molecule has 0 atom stereocenters. The molecule has 1 aromatic heterocycles. The smallest absolute Gasteiger partial charge is 0.307 e. The van der Waals surface area contributed by atoms with E-state index in [9.17, 15) is 13.2 Å². The van der Waals surface area contributed by atoms with Gasteiger partial charge < -0.3 is 5.32 Å². The van der Waals surface area contributed by atoms with E-state index in [2.05, 4.69) is 10.6 Å². The summed E-state index contributed by atoms with van der Waals surface area (Å²) < 4.78 is 25.4. The lowest BCUT2D eigenvalue weighted by Crippen LogP contribution is -2.23. The van der Waals surface area contributed by atoms with Crippen LogP contribution in [-0.4, -0.2) is 32.8 Å². The largest absolute Gasteiger partial charge is 0.324 e. The Bertz CT molecular complexity index is 769. The van der Waals surface area contributed by atoms with E-state index in [0.717, 1.165) is 9.87 Å². The normalized spacial score (nSPS) is 11.5. The molecule has 0 saturated carbocycles. The van der Waals surface area contributed by atoms with Crippen molar-refractivity contribution in [3.05, 3.63) is 41.3 Å². The van der Waals surface area contributed by atoms with Crippen LogP contribution < -0.4 is 10.6 Å². The zero-order chi connectivity index (χ0) is 16.3. The van der Waals surface area contributed by atoms with E-state index in [1.165, 1.54) is 37.6 Å². The predicted octanol–water partition coefficient (Wildman–Crippen LogP) is 2.95. The van der Waals surface area contributed by atoms with Crippen LogP contribution >= 0.6 is 11.3 Å². The van der Waals surface area contributed by atoms with E-state index < -0.39 is 16.1 Å². The van der Waals surface area contributed by atoms with Crippen LogP contribution in [0.4, 0.5) is 15.5 Å². The van der Waals surface area contributed by atoms with Crippen LogP contribution in [0.25, 0.3) is 0 Å².